The number of nitrogens with zero attached hydrogens (tertiary/aromatic N) is 4. The van der Waals surface area contributed by atoms with Crippen molar-refractivity contribution in [2.75, 3.05) is 0 Å². The van der Waals surface area contributed by atoms with E-state index in [9.17, 15) is 4.79 Å². The Hall–Kier alpha value is -2.44. The molecule has 19 heavy (non-hydrogen) atoms. The lowest BCUT2D eigenvalue weighted by Crippen LogP contribution is -2.08. The van der Waals surface area contributed by atoms with Gasteiger partial charge in [-0.25, -0.2) is 0 Å². The molecule has 0 saturated heterocycles. The highest BCUT2D eigenvalue weighted by Gasteiger charge is 2.05. The summed E-state index contributed by atoms with van der Waals surface area (Å²) < 4.78 is 5.52. The maximum atomic E-state index is 10.4. The fraction of sp³-hybridized carbons (Fsp3) is 0.333. The molecule has 2 rings (SSSR count). The number of aromatic nitrogens is 4. The molecule has 7 nitrogen and oxygen atoms in total. The molecule has 1 aromatic heterocycles. The van der Waals surface area contributed by atoms with Crippen LogP contribution in [0.2, 0.25) is 0 Å². The molecule has 100 valence electrons. The molecular formula is C12H14N4O3. The van der Waals surface area contributed by atoms with Crippen LogP contribution < -0.4 is 4.74 Å². The van der Waals surface area contributed by atoms with Crippen LogP contribution in [0.1, 0.15) is 17.8 Å². The molecule has 0 amide bonds. The predicted molar refractivity (Wildman–Crippen MR) is 65.6 cm³/mol. The van der Waals surface area contributed by atoms with E-state index in [2.05, 4.69) is 15.4 Å². The van der Waals surface area contributed by atoms with Crippen molar-refractivity contribution in [3.05, 3.63) is 35.7 Å². The summed E-state index contributed by atoms with van der Waals surface area (Å²) in [5, 5.41) is 20.1. The Morgan fingerprint density at radius 3 is 3.05 bits per heavy atom. The molecule has 1 aromatic carbocycles. The van der Waals surface area contributed by atoms with Crippen molar-refractivity contribution >= 4 is 5.97 Å². The van der Waals surface area contributed by atoms with Crippen LogP contribution in [0, 0.1) is 6.92 Å². The second-order valence-electron chi connectivity index (χ2n) is 4.05. The van der Waals surface area contributed by atoms with Gasteiger partial charge in [-0.05, 0) is 29.8 Å². The molecule has 0 fully saturated rings. The molecule has 1 heterocycles. The Morgan fingerprint density at radius 1 is 1.47 bits per heavy atom. The summed E-state index contributed by atoms with van der Waals surface area (Å²) >= 11 is 0. The van der Waals surface area contributed by atoms with Gasteiger partial charge in [-0.15, -0.1) is 10.2 Å². The van der Waals surface area contributed by atoms with E-state index in [1.54, 1.807) is 0 Å². The van der Waals surface area contributed by atoms with E-state index in [0.29, 0.717) is 5.82 Å². The van der Waals surface area contributed by atoms with E-state index >= 15 is 0 Å². The van der Waals surface area contributed by atoms with Crippen molar-refractivity contribution in [3.8, 4) is 5.75 Å². The first-order chi connectivity index (χ1) is 9.13. The minimum absolute atomic E-state index is 0.0332. The van der Waals surface area contributed by atoms with Gasteiger partial charge in [-0.1, -0.05) is 12.1 Å². The third-order valence-electron chi connectivity index (χ3n) is 2.38. The highest BCUT2D eigenvalue weighted by atomic mass is 16.5. The average molecular weight is 262 g/mol. The van der Waals surface area contributed by atoms with E-state index in [4.69, 9.17) is 9.84 Å². The Bertz CT molecular complexity index is 568. The van der Waals surface area contributed by atoms with Crippen LogP contribution in [0.3, 0.4) is 0 Å². The molecule has 0 unspecified atom stereocenters. The van der Waals surface area contributed by atoms with Gasteiger partial charge in [-0.2, -0.15) is 4.80 Å². The van der Waals surface area contributed by atoms with E-state index < -0.39 is 5.97 Å². The number of ether oxygens (including phenoxy) is 1. The van der Waals surface area contributed by atoms with Crippen molar-refractivity contribution in [1.82, 2.24) is 20.2 Å². The molecule has 7 heteroatoms. The van der Waals surface area contributed by atoms with Gasteiger partial charge in [-0.3, -0.25) is 4.79 Å². The minimum Gasteiger partial charge on any atom is -0.485 e. The molecule has 0 radical (unpaired) electrons. The first-order valence-electron chi connectivity index (χ1n) is 5.81. The van der Waals surface area contributed by atoms with Gasteiger partial charge < -0.3 is 9.84 Å². The van der Waals surface area contributed by atoms with Crippen molar-refractivity contribution in [3.63, 3.8) is 0 Å². The van der Waals surface area contributed by atoms with Gasteiger partial charge in [0.15, 0.2) is 6.61 Å². The number of carbonyl (C=O) groups is 1. The number of carboxylic acids is 1. The molecule has 0 spiro atoms. The molecule has 2 aromatic rings. The topological polar surface area (TPSA) is 90.1 Å². The zero-order valence-corrected chi connectivity index (χ0v) is 10.5. The molecular weight excluding hydrogens is 248 g/mol. The standard InChI is InChI=1S/C12H14N4O3/c1-9-3-2-4-10(7-9)19-8-11-13-15-16(14-11)6-5-12(17)18/h2-4,7H,5-6,8H2,1H3,(H,17,18). The molecule has 0 aliphatic heterocycles. The Kier molecular flexibility index (Phi) is 4.07. The van der Waals surface area contributed by atoms with Gasteiger partial charge in [0.05, 0.1) is 13.0 Å². The van der Waals surface area contributed by atoms with Crippen LogP contribution in [-0.4, -0.2) is 31.3 Å². The summed E-state index contributed by atoms with van der Waals surface area (Å²) in [4.78, 5) is 11.7. The lowest BCUT2D eigenvalue weighted by Gasteiger charge is -2.03. The second kappa shape index (κ2) is 5.94. The fourth-order valence-electron chi connectivity index (χ4n) is 1.48. The van der Waals surface area contributed by atoms with Gasteiger partial charge in [0.25, 0.3) is 0 Å². The van der Waals surface area contributed by atoms with Crippen molar-refractivity contribution < 1.29 is 14.6 Å². The van der Waals surface area contributed by atoms with Gasteiger partial charge >= 0.3 is 5.97 Å². The largest absolute Gasteiger partial charge is 0.485 e. The van der Waals surface area contributed by atoms with Gasteiger partial charge in [0.1, 0.15) is 5.75 Å². The molecule has 0 atom stereocenters. The summed E-state index contributed by atoms with van der Waals surface area (Å²) in [6.07, 6.45) is -0.0332. The number of aryl methyl sites for hydroxylation is 2. The highest BCUT2D eigenvalue weighted by molar-refractivity contribution is 5.66. The predicted octanol–water partition coefficient (Wildman–Crippen LogP) is 1.04. The number of benzene rings is 1. The van der Waals surface area contributed by atoms with Crippen LogP contribution in [0.15, 0.2) is 24.3 Å². The minimum atomic E-state index is -0.894. The average Bonchev–Trinajstić information content (AvgIpc) is 2.82. The van der Waals surface area contributed by atoms with E-state index in [0.717, 1.165) is 11.3 Å². The van der Waals surface area contributed by atoms with Gasteiger partial charge in [0, 0.05) is 0 Å². The quantitative estimate of drug-likeness (QED) is 0.836. The molecule has 0 aliphatic rings. The smallest absolute Gasteiger partial charge is 0.305 e. The number of carboxylic acid groups (broad SMARTS) is 1. The van der Waals surface area contributed by atoms with E-state index in [1.807, 2.05) is 31.2 Å². The summed E-state index contributed by atoms with van der Waals surface area (Å²) in [6.45, 7) is 2.39. The maximum Gasteiger partial charge on any atom is 0.305 e. The first kappa shape index (κ1) is 13.0. The van der Waals surface area contributed by atoms with E-state index in [-0.39, 0.29) is 19.6 Å². The number of rotatable bonds is 6. The number of tetrazole rings is 1. The summed E-state index contributed by atoms with van der Waals surface area (Å²) in [7, 11) is 0. The van der Waals surface area contributed by atoms with Crippen molar-refractivity contribution in [1.29, 1.82) is 0 Å². The zero-order valence-electron chi connectivity index (χ0n) is 10.5. The zero-order chi connectivity index (χ0) is 13.7. The number of aliphatic carboxylic acids is 1. The Morgan fingerprint density at radius 2 is 2.32 bits per heavy atom. The van der Waals surface area contributed by atoms with Crippen LogP contribution in [-0.2, 0) is 17.9 Å². The van der Waals surface area contributed by atoms with Crippen LogP contribution in [0.5, 0.6) is 5.75 Å². The molecule has 1 N–H and O–H groups in total. The second-order valence-corrected chi connectivity index (χ2v) is 4.05. The highest BCUT2D eigenvalue weighted by Crippen LogP contribution is 2.13. The van der Waals surface area contributed by atoms with E-state index in [1.165, 1.54) is 4.80 Å². The van der Waals surface area contributed by atoms with Crippen molar-refractivity contribution in [2.24, 2.45) is 0 Å². The fourth-order valence-corrected chi connectivity index (χ4v) is 1.48. The van der Waals surface area contributed by atoms with Crippen LogP contribution in [0.25, 0.3) is 0 Å². The normalized spacial score (nSPS) is 10.4. The SMILES string of the molecule is Cc1cccc(OCc2nnn(CCC(=O)O)n2)c1. The molecule has 0 bridgehead atoms. The van der Waals surface area contributed by atoms with Gasteiger partial charge in [0.2, 0.25) is 5.82 Å². The Balaban J connectivity index is 1.88. The lowest BCUT2D eigenvalue weighted by atomic mass is 10.2. The molecule has 0 saturated carbocycles. The molecule has 0 aliphatic carbocycles. The number of hydrogen-bond donors (Lipinski definition) is 1. The summed E-state index contributed by atoms with van der Waals surface area (Å²) in [5.41, 5.74) is 1.11. The first-order valence-corrected chi connectivity index (χ1v) is 5.81. The third-order valence-corrected chi connectivity index (χ3v) is 2.38. The van der Waals surface area contributed by atoms with Crippen LogP contribution in [0.4, 0.5) is 0 Å². The van der Waals surface area contributed by atoms with Crippen molar-refractivity contribution in [2.45, 2.75) is 26.5 Å². The maximum absolute atomic E-state index is 10.4. The Labute approximate surface area is 109 Å². The summed E-state index contributed by atoms with van der Waals surface area (Å²) in [5.74, 6) is 0.267. The number of hydrogen-bond acceptors (Lipinski definition) is 5. The lowest BCUT2D eigenvalue weighted by molar-refractivity contribution is -0.137. The third kappa shape index (κ3) is 4.06. The monoisotopic (exact) mass is 262 g/mol. The summed E-state index contributed by atoms with van der Waals surface area (Å²) in [6, 6.07) is 7.64. The van der Waals surface area contributed by atoms with Crippen LogP contribution >= 0.6 is 0 Å².